The first-order valence-corrected chi connectivity index (χ1v) is 8.94. The van der Waals surface area contributed by atoms with E-state index in [0.717, 1.165) is 16.8 Å². The Hall–Kier alpha value is -2.33. The molecule has 4 nitrogen and oxygen atoms in total. The van der Waals surface area contributed by atoms with Gasteiger partial charge in [-0.3, -0.25) is 4.79 Å². The van der Waals surface area contributed by atoms with Gasteiger partial charge < -0.3 is 9.64 Å². The summed E-state index contributed by atoms with van der Waals surface area (Å²) in [6.45, 7) is 8.05. The first kappa shape index (κ1) is 20.0. The van der Waals surface area contributed by atoms with E-state index >= 15 is 0 Å². The summed E-state index contributed by atoms with van der Waals surface area (Å²) < 4.78 is 5.56. The number of hydrogen-bond acceptors (Lipinski definition) is 3. The van der Waals surface area contributed by atoms with Crippen molar-refractivity contribution in [1.82, 2.24) is 4.90 Å². The summed E-state index contributed by atoms with van der Waals surface area (Å²) in [4.78, 5) is 19.1. The number of Topliss-reactive ketones (excluding diaryl/α,β-unsaturated/α-hetero) is 1. The van der Waals surface area contributed by atoms with Crippen molar-refractivity contribution in [3.8, 4) is 5.75 Å². The van der Waals surface area contributed by atoms with Crippen molar-refractivity contribution in [2.45, 2.75) is 33.7 Å². The maximum absolute atomic E-state index is 12.5. The van der Waals surface area contributed by atoms with Crippen molar-refractivity contribution >= 4 is 29.4 Å². The molecule has 0 aliphatic rings. The number of carbonyl (C=O) groups is 1. The molecule has 0 aromatic heterocycles. The molecule has 138 valence electrons. The highest BCUT2D eigenvalue weighted by molar-refractivity contribution is 6.30. The molecule has 0 N–H and O–H groups in total. The largest absolute Gasteiger partial charge is 0.485 e. The van der Waals surface area contributed by atoms with Crippen LogP contribution in [0.2, 0.25) is 5.02 Å². The van der Waals surface area contributed by atoms with E-state index in [-0.39, 0.29) is 12.4 Å². The van der Waals surface area contributed by atoms with Crippen LogP contribution in [0.1, 0.15) is 35.3 Å². The van der Waals surface area contributed by atoms with E-state index in [1.165, 1.54) is 0 Å². The first-order valence-electron chi connectivity index (χ1n) is 8.57. The zero-order valence-electron chi connectivity index (χ0n) is 15.9. The molecule has 0 saturated carbocycles. The number of halogens is 1. The molecule has 2 aromatic carbocycles. The van der Waals surface area contributed by atoms with Crippen LogP contribution < -0.4 is 4.74 Å². The number of nitrogens with zero attached hydrogens (tertiary/aromatic N) is 2. The third-order valence-electron chi connectivity index (χ3n) is 4.20. The predicted molar refractivity (Wildman–Crippen MR) is 108 cm³/mol. The summed E-state index contributed by atoms with van der Waals surface area (Å²) in [6, 6.07) is 11.2. The molecule has 0 aliphatic carbocycles. The molecular weight excluding hydrogens is 348 g/mol. The molecule has 0 atom stereocenters. The van der Waals surface area contributed by atoms with E-state index in [1.807, 2.05) is 44.3 Å². The highest BCUT2D eigenvalue weighted by Gasteiger charge is 2.13. The predicted octanol–water partition coefficient (Wildman–Crippen LogP) is 5.22. The molecule has 0 radical (unpaired) electrons. The standard InChI is InChI=1S/C21H25ClN2O2/c1-14(2)24(5)13-23-20-10-15(3)19(9-16(20)4)21(25)12-26-18-8-6-7-17(22)11-18/h6-11,13-14H,12H2,1-5H3. The number of aryl methyl sites for hydroxylation is 2. The minimum atomic E-state index is -0.0691. The number of ketones is 1. The Morgan fingerprint density at radius 1 is 1.23 bits per heavy atom. The van der Waals surface area contributed by atoms with Gasteiger partial charge in [0.25, 0.3) is 0 Å². The fourth-order valence-corrected chi connectivity index (χ4v) is 2.49. The van der Waals surface area contributed by atoms with E-state index in [4.69, 9.17) is 16.3 Å². The number of hydrogen-bond donors (Lipinski definition) is 0. The second-order valence-corrected chi connectivity index (χ2v) is 7.06. The Morgan fingerprint density at radius 3 is 2.62 bits per heavy atom. The van der Waals surface area contributed by atoms with Crippen LogP contribution >= 0.6 is 11.6 Å². The van der Waals surface area contributed by atoms with Crippen LogP contribution in [0.5, 0.6) is 5.75 Å². The SMILES string of the molecule is Cc1cc(C(=O)COc2cccc(Cl)c2)c(C)cc1N=CN(C)C(C)C. The van der Waals surface area contributed by atoms with Crippen LogP contribution in [-0.2, 0) is 0 Å². The van der Waals surface area contributed by atoms with Crippen LogP contribution in [0.25, 0.3) is 0 Å². The van der Waals surface area contributed by atoms with Crippen molar-refractivity contribution in [3.63, 3.8) is 0 Å². The lowest BCUT2D eigenvalue weighted by Gasteiger charge is -2.17. The molecule has 2 rings (SSSR count). The van der Waals surface area contributed by atoms with Crippen LogP contribution in [0, 0.1) is 13.8 Å². The van der Waals surface area contributed by atoms with Gasteiger partial charge in [-0.1, -0.05) is 17.7 Å². The van der Waals surface area contributed by atoms with Crippen LogP contribution in [0.4, 0.5) is 5.69 Å². The zero-order chi connectivity index (χ0) is 19.3. The molecule has 0 saturated heterocycles. The average Bonchev–Trinajstić information content (AvgIpc) is 2.59. The third-order valence-corrected chi connectivity index (χ3v) is 4.44. The molecule has 0 amide bonds. The van der Waals surface area contributed by atoms with Gasteiger partial charge >= 0.3 is 0 Å². The lowest BCUT2D eigenvalue weighted by atomic mass is 10.0. The highest BCUT2D eigenvalue weighted by atomic mass is 35.5. The molecule has 5 heteroatoms. The Morgan fingerprint density at radius 2 is 1.96 bits per heavy atom. The summed E-state index contributed by atoms with van der Waals surface area (Å²) >= 11 is 5.93. The second-order valence-electron chi connectivity index (χ2n) is 6.63. The highest BCUT2D eigenvalue weighted by Crippen LogP contribution is 2.24. The van der Waals surface area contributed by atoms with Crippen molar-refractivity contribution in [3.05, 3.63) is 58.1 Å². The Kier molecular flexibility index (Phi) is 6.81. The van der Waals surface area contributed by atoms with Gasteiger partial charge in [-0.25, -0.2) is 4.99 Å². The number of ether oxygens (including phenoxy) is 1. The van der Waals surface area contributed by atoms with E-state index in [2.05, 4.69) is 18.8 Å². The fraction of sp³-hybridized carbons (Fsp3) is 0.333. The molecule has 0 fully saturated rings. The van der Waals surface area contributed by atoms with Crippen LogP contribution in [-0.4, -0.2) is 36.7 Å². The molecule has 0 aliphatic heterocycles. The minimum Gasteiger partial charge on any atom is -0.485 e. The van der Waals surface area contributed by atoms with Crippen LogP contribution in [0.3, 0.4) is 0 Å². The maximum atomic E-state index is 12.5. The van der Waals surface area contributed by atoms with Crippen molar-refractivity contribution in [2.24, 2.45) is 4.99 Å². The summed E-state index contributed by atoms with van der Waals surface area (Å²) in [6.07, 6.45) is 1.82. The van der Waals surface area contributed by atoms with Gasteiger partial charge in [0.2, 0.25) is 0 Å². The average molecular weight is 373 g/mol. The topological polar surface area (TPSA) is 41.9 Å². The second kappa shape index (κ2) is 8.86. The molecule has 2 aromatic rings. The van der Waals surface area contributed by atoms with Gasteiger partial charge in [0.1, 0.15) is 5.75 Å². The van der Waals surface area contributed by atoms with E-state index in [1.54, 1.807) is 24.3 Å². The summed E-state index contributed by atoms with van der Waals surface area (Å²) in [5.74, 6) is 0.513. The Labute approximate surface area is 160 Å². The Bertz CT molecular complexity index is 816. The number of rotatable bonds is 7. The molecule has 0 heterocycles. The number of benzene rings is 2. The lowest BCUT2D eigenvalue weighted by molar-refractivity contribution is 0.0921. The molecule has 0 spiro atoms. The normalized spacial score (nSPS) is 11.2. The van der Waals surface area contributed by atoms with Crippen molar-refractivity contribution in [1.29, 1.82) is 0 Å². The first-order chi connectivity index (χ1) is 12.3. The van der Waals surface area contributed by atoms with Gasteiger partial charge in [-0.2, -0.15) is 0 Å². The van der Waals surface area contributed by atoms with Gasteiger partial charge in [-0.15, -0.1) is 0 Å². The van der Waals surface area contributed by atoms with Gasteiger partial charge in [0, 0.05) is 23.7 Å². The van der Waals surface area contributed by atoms with Gasteiger partial charge in [0.15, 0.2) is 12.4 Å². The third kappa shape index (κ3) is 5.33. The smallest absolute Gasteiger partial charge is 0.200 e. The van der Waals surface area contributed by atoms with Gasteiger partial charge in [0.05, 0.1) is 12.0 Å². The quantitative estimate of drug-likeness (QED) is 0.380. The summed E-state index contributed by atoms with van der Waals surface area (Å²) in [7, 11) is 1.99. The lowest BCUT2D eigenvalue weighted by Crippen LogP contribution is -2.24. The zero-order valence-corrected chi connectivity index (χ0v) is 16.7. The fourth-order valence-electron chi connectivity index (χ4n) is 2.31. The summed E-state index contributed by atoms with van der Waals surface area (Å²) in [5.41, 5.74) is 3.35. The van der Waals surface area contributed by atoms with Gasteiger partial charge in [-0.05, 0) is 69.2 Å². The monoisotopic (exact) mass is 372 g/mol. The molecule has 0 bridgehead atoms. The molecule has 0 unspecified atom stereocenters. The van der Waals surface area contributed by atoms with Crippen molar-refractivity contribution < 1.29 is 9.53 Å². The van der Waals surface area contributed by atoms with Crippen molar-refractivity contribution in [2.75, 3.05) is 13.7 Å². The minimum absolute atomic E-state index is 0.0284. The summed E-state index contributed by atoms with van der Waals surface area (Å²) in [5, 5.41) is 0.579. The Balaban J connectivity index is 2.12. The van der Waals surface area contributed by atoms with Crippen LogP contribution in [0.15, 0.2) is 41.4 Å². The number of aliphatic imine (C=N–C) groups is 1. The molecular formula is C21H25ClN2O2. The van der Waals surface area contributed by atoms with E-state index in [9.17, 15) is 4.79 Å². The van der Waals surface area contributed by atoms with E-state index in [0.29, 0.717) is 22.4 Å². The molecule has 26 heavy (non-hydrogen) atoms. The van der Waals surface area contributed by atoms with E-state index < -0.39 is 0 Å². The maximum Gasteiger partial charge on any atom is 0.200 e. The number of carbonyl (C=O) groups excluding carboxylic acids is 1.